The summed E-state index contributed by atoms with van der Waals surface area (Å²) in [5, 5.41) is 10.4. The van der Waals surface area contributed by atoms with Gasteiger partial charge in [0.25, 0.3) is 0 Å². The smallest absolute Gasteiger partial charge is 0.316 e. The quantitative estimate of drug-likeness (QED) is 0.416. The number of hydrogen-bond acceptors (Lipinski definition) is 8. The van der Waals surface area contributed by atoms with E-state index in [1.54, 1.807) is 18.5 Å². The van der Waals surface area contributed by atoms with Crippen LogP contribution in [0.2, 0.25) is 0 Å². The number of nitrogens with zero attached hydrogens (tertiary/aromatic N) is 6. The van der Waals surface area contributed by atoms with E-state index in [1.807, 2.05) is 41.3 Å². The molecule has 1 saturated heterocycles. The van der Waals surface area contributed by atoms with Gasteiger partial charge in [0.05, 0.1) is 11.8 Å². The average Bonchev–Trinajstić information content (AvgIpc) is 3.45. The topological polar surface area (TPSA) is 105 Å². The number of carbonyl (C=O) groups excluding carboxylic acids is 1. The van der Waals surface area contributed by atoms with E-state index in [2.05, 4.69) is 26.0 Å². The molecule has 1 amide bonds. The van der Waals surface area contributed by atoms with Gasteiger partial charge in [-0.2, -0.15) is 10.2 Å². The molecule has 0 saturated carbocycles. The Labute approximate surface area is 194 Å². The number of rotatable bonds is 7. The average molecular weight is 457 g/mol. The predicted molar refractivity (Wildman–Crippen MR) is 122 cm³/mol. The molecular weight excluding hydrogens is 436 g/mol. The van der Waals surface area contributed by atoms with E-state index in [1.165, 1.54) is 11.3 Å². The molecule has 0 spiro atoms. The number of aromatic nitrogens is 4. The van der Waals surface area contributed by atoms with Gasteiger partial charge in [-0.25, -0.2) is 15.0 Å². The van der Waals surface area contributed by atoms with Crippen molar-refractivity contribution in [3.63, 3.8) is 0 Å². The Kier molecular flexibility index (Phi) is 5.91. The fraction of sp³-hybridized carbons (Fsp3) is 0.250. The van der Waals surface area contributed by atoms with Crippen molar-refractivity contribution in [1.82, 2.24) is 24.8 Å². The van der Waals surface area contributed by atoms with E-state index in [9.17, 15) is 10.1 Å². The van der Waals surface area contributed by atoms with Crippen LogP contribution in [0.4, 0.5) is 0 Å². The normalized spacial score (nSPS) is 14.4. The summed E-state index contributed by atoms with van der Waals surface area (Å²) in [6, 6.07) is 15.9. The van der Waals surface area contributed by atoms with Crippen LogP contribution >= 0.6 is 11.3 Å². The summed E-state index contributed by atoms with van der Waals surface area (Å²) < 4.78 is 5.79. The number of benzene rings is 1. The van der Waals surface area contributed by atoms with Crippen molar-refractivity contribution in [2.24, 2.45) is 0 Å². The summed E-state index contributed by atoms with van der Waals surface area (Å²) in [5.74, 6) is -0.403. The van der Waals surface area contributed by atoms with Crippen molar-refractivity contribution in [1.29, 1.82) is 5.26 Å². The first kappa shape index (κ1) is 21.0. The fourth-order valence-electron chi connectivity index (χ4n) is 3.72. The molecule has 4 aromatic rings. The van der Waals surface area contributed by atoms with E-state index in [0.717, 1.165) is 34.4 Å². The molecule has 8 nitrogen and oxygen atoms in total. The number of amides is 1. The molecule has 9 heteroatoms. The number of pyridine rings is 1. The molecule has 0 aliphatic carbocycles. The van der Waals surface area contributed by atoms with Gasteiger partial charge in [0.1, 0.15) is 27.9 Å². The molecule has 0 bridgehead atoms. The maximum Gasteiger partial charge on any atom is 0.316 e. The molecule has 1 unspecified atom stereocenters. The van der Waals surface area contributed by atoms with Crippen LogP contribution in [0.1, 0.15) is 40.6 Å². The molecule has 1 atom stereocenters. The van der Waals surface area contributed by atoms with Gasteiger partial charge in [-0.05, 0) is 35.7 Å². The molecule has 3 aromatic heterocycles. The van der Waals surface area contributed by atoms with Gasteiger partial charge < -0.3 is 9.64 Å². The fourth-order valence-corrected chi connectivity index (χ4v) is 4.69. The second-order valence-corrected chi connectivity index (χ2v) is 8.74. The Balaban J connectivity index is 1.25. The molecule has 1 aromatic carbocycles. The highest BCUT2D eigenvalue weighted by Gasteiger charge is 2.21. The van der Waals surface area contributed by atoms with Gasteiger partial charge in [0.15, 0.2) is 0 Å². The Hall–Kier alpha value is -3.90. The van der Waals surface area contributed by atoms with Gasteiger partial charge in [0, 0.05) is 31.9 Å². The maximum absolute atomic E-state index is 11.8. The third kappa shape index (κ3) is 4.66. The first-order chi connectivity index (χ1) is 16.2. The van der Waals surface area contributed by atoms with E-state index >= 15 is 0 Å². The standard InChI is InChI=1S/C24H20N6O2S/c25-13-18(22-28-20-3-1-10-26-23(20)33-22)19-9-11-27-24(29-19)32-15-17-7-5-16(6-8-17)14-30-12-2-4-21(30)31/h1,3,5-11,18H,2,4,12,14-15H2. The van der Waals surface area contributed by atoms with Crippen molar-refractivity contribution >= 4 is 27.6 Å². The van der Waals surface area contributed by atoms with E-state index in [-0.39, 0.29) is 11.9 Å². The van der Waals surface area contributed by atoms with Crippen molar-refractivity contribution in [2.75, 3.05) is 6.54 Å². The van der Waals surface area contributed by atoms with Crippen LogP contribution in [0.3, 0.4) is 0 Å². The van der Waals surface area contributed by atoms with E-state index in [4.69, 9.17) is 4.74 Å². The zero-order chi connectivity index (χ0) is 22.6. The lowest BCUT2D eigenvalue weighted by Crippen LogP contribution is -2.23. The summed E-state index contributed by atoms with van der Waals surface area (Å²) >= 11 is 1.38. The van der Waals surface area contributed by atoms with E-state index < -0.39 is 5.92 Å². The molecule has 1 aliphatic heterocycles. The number of likely N-dealkylation sites (tertiary alicyclic amines) is 1. The summed E-state index contributed by atoms with van der Waals surface area (Å²) in [6.07, 6.45) is 4.88. The molecule has 5 rings (SSSR count). The highest BCUT2D eigenvalue weighted by atomic mass is 32.1. The largest absolute Gasteiger partial charge is 0.459 e. The van der Waals surface area contributed by atoms with Gasteiger partial charge >= 0.3 is 6.01 Å². The highest BCUT2D eigenvalue weighted by molar-refractivity contribution is 7.18. The first-order valence-corrected chi connectivity index (χ1v) is 11.4. The molecule has 4 heterocycles. The van der Waals surface area contributed by atoms with Crippen LogP contribution in [-0.4, -0.2) is 37.3 Å². The van der Waals surface area contributed by atoms with Crippen LogP contribution < -0.4 is 4.74 Å². The van der Waals surface area contributed by atoms with Gasteiger partial charge in [0.2, 0.25) is 5.91 Å². The number of thiazole rings is 1. The number of carbonyl (C=O) groups is 1. The monoisotopic (exact) mass is 456 g/mol. The molecule has 1 aliphatic rings. The van der Waals surface area contributed by atoms with Gasteiger partial charge in [-0.1, -0.05) is 35.6 Å². The SMILES string of the molecule is N#CC(c1ccnc(OCc2ccc(CN3CCCC3=O)cc2)n1)c1nc2cccnc2s1. The predicted octanol–water partition coefficient (Wildman–Crippen LogP) is 3.84. The van der Waals surface area contributed by atoms with Crippen molar-refractivity contribution in [3.05, 3.63) is 76.7 Å². The molecule has 164 valence electrons. The van der Waals surface area contributed by atoms with Crippen molar-refractivity contribution < 1.29 is 9.53 Å². The summed E-state index contributed by atoms with van der Waals surface area (Å²) in [7, 11) is 0. The Morgan fingerprint density at radius 3 is 2.70 bits per heavy atom. The third-order valence-electron chi connectivity index (χ3n) is 5.45. The first-order valence-electron chi connectivity index (χ1n) is 10.6. The lowest BCUT2D eigenvalue weighted by atomic mass is 10.1. The number of hydrogen-bond donors (Lipinski definition) is 0. The molecular formula is C24H20N6O2S. The van der Waals surface area contributed by atoms with E-state index in [0.29, 0.717) is 30.3 Å². The zero-order valence-corrected chi connectivity index (χ0v) is 18.5. The van der Waals surface area contributed by atoms with Crippen molar-refractivity contribution in [2.45, 2.75) is 31.9 Å². The number of fused-ring (bicyclic) bond motifs is 1. The minimum absolute atomic E-state index is 0.207. The minimum atomic E-state index is -0.623. The van der Waals surface area contributed by atoms with Gasteiger partial charge in [-0.15, -0.1) is 0 Å². The number of ether oxygens (including phenoxy) is 1. The molecule has 1 fully saturated rings. The Morgan fingerprint density at radius 1 is 1.09 bits per heavy atom. The Bertz CT molecular complexity index is 1300. The number of nitriles is 1. The summed E-state index contributed by atoms with van der Waals surface area (Å²) in [6.45, 7) is 1.77. The highest BCUT2D eigenvalue weighted by Crippen LogP contribution is 2.30. The molecule has 33 heavy (non-hydrogen) atoms. The summed E-state index contributed by atoms with van der Waals surface area (Å²) in [5.41, 5.74) is 3.36. The lowest BCUT2D eigenvalue weighted by Gasteiger charge is -2.15. The van der Waals surface area contributed by atoms with Crippen LogP contribution in [0.5, 0.6) is 6.01 Å². The van der Waals surface area contributed by atoms with Crippen LogP contribution in [0.25, 0.3) is 10.3 Å². The van der Waals surface area contributed by atoms with Crippen LogP contribution in [-0.2, 0) is 17.9 Å². The molecule has 0 N–H and O–H groups in total. The third-order valence-corrected chi connectivity index (χ3v) is 6.49. The lowest BCUT2D eigenvalue weighted by molar-refractivity contribution is -0.128. The summed E-state index contributed by atoms with van der Waals surface area (Å²) in [4.78, 5) is 32.0. The Morgan fingerprint density at radius 2 is 1.94 bits per heavy atom. The molecule has 0 radical (unpaired) electrons. The maximum atomic E-state index is 11.8. The van der Waals surface area contributed by atoms with Crippen LogP contribution in [0.15, 0.2) is 54.9 Å². The minimum Gasteiger partial charge on any atom is -0.459 e. The second-order valence-electron chi connectivity index (χ2n) is 7.73. The second kappa shape index (κ2) is 9.30. The van der Waals surface area contributed by atoms with Crippen LogP contribution in [0, 0.1) is 11.3 Å². The zero-order valence-electron chi connectivity index (χ0n) is 17.7. The van der Waals surface area contributed by atoms with Gasteiger partial charge in [-0.3, -0.25) is 4.79 Å². The van der Waals surface area contributed by atoms with Crippen molar-refractivity contribution in [3.8, 4) is 12.1 Å².